The Balaban J connectivity index is 1.48. The van der Waals surface area contributed by atoms with E-state index >= 15 is 0 Å². The van der Waals surface area contributed by atoms with E-state index in [1.165, 1.54) is 6.07 Å². The first kappa shape index (κ1) is 18.8. The van der Waals surface area contributed by atoms with Gasteiger partial charge in [0, 0.05) is 18.1 Å². The van der Waals surface area contributed by atoms with Crippen molar-refractivity contribution in [3.63, 3.8) is 0 Å². The Morgan fingerprint density at radius 2 is 1.78 bits per heavy atom. The van der Waals surface area contributed by atoms with E-state index in [9.17, 15) is 9.18 Å². The molecular weight excluding hydrogens is 367 g/mol. The standard InChI is InChI=1S/C20H18ClFN4O/c21-16-7-5-14(6-8-16)13-24-20(27)18-9-10-19(26-25-18)23-12-11-15-3-1-2-4-17(15)22/h1-10H,11-13H2,(H,23,26)(H,24,27). The van der Waals surface area contributed by atoms with E-state index in [0.29, 0.717) is 35.9 Å². The lowest BCUT2D eigenvalue weighted by atomic mass is 10.1. The van der Waals surface area contributed by atoms with Gasteiger partial charge >= 0.3 is 0 Å². The van der Waals surface area contributed by atoms with E-state index in [1.54, 1.807) is 42.5 Å². The number of aromatic nitrogens is 2. The summed E-state index contributed by atoms with van der Waals surface area (Å²) in [5.41, 5.74) is 1.80. The van der Waals surface area contributed by atoms with Crippen LogP contribution >= 0.6 is 11.6 Å². The van der Waals surface area contributed by atoms with Gasteiger partial charge in [0.1, 0.15) is 11.6 Å². The lowest BCUT2D eigenvalue weighted by molar-refractivity contribution is 0.0945. The topological polar surface area (TPSA) is 66.9 Å². The molecule has 138 valence electrons. The molecule has 0 atom stereocenters. The zero-order valence-electron chi connectivity index (χ0n) is 14.5. The van der Waals surface area contributed by atoms with Crippen molar-refractivity contribution >= 4 is 23.3 Å². The van der Waals surface area contributed by atoms with E-state index in [4.69, 9.17) is 11.6 Å². The summed E-state index contributed by atoms with van der Waals surface area (Å²) in [5.74, 6) is -0.00552. The van der Waals surface area contributed by atoms with Crippen molar-refractivity contribution in [2.75, 3.05) is 11.9 Å². The van der Waals surface area contributed by atoms with Crippen molar-refractivity contribution in [2.45, 2.75) is 13.0 Å². The molecule has 0 radical (unpaired) electrons. The molecule has 0 spiro atoms. The summed E-state index contributed by atoms with van der Waals surface area (Å²) >= 11 is 5.83. The summed E-state index contributed by atoms with van der Waals surface area (Å²) in [5, 5.41) is 14.4. The third-order valence-electron chi connectivity index (χ3n) is 3.92. The van der Waals surface area contributed by atoms with Gasteiger partial charge in [0.2, 0.25) is 0 Å². The molecule has 1 amide bonds. The van der Waals surface area contributed by atoms with Crippen LogP contribution in [0.3, 0.4) is 0 Å². The minimum Gasteiger partial charge on any atom is -0.368 e. The average molecular weight is 385 g/mol. The fourth-order valence-corrected chi connectivity index (χ4v) is 2.58. The number of nitrogens with one attached hydrogen (secondary N) is 2. The molecule has 0 saturated heterocycles. The molecule has 1 heterocycles. The molecule has 5 nitrogen and oxygen atoms in total. The predicted octanol–water partition coefficient (Wildman–Crippen LogP) is 3.85. The molecule has 7 heteroatoms. The number of amides is 1. The molecule has 0 saturated carbocycles. The Hall–Kier alpha value is -2.99. The van der Waals surface area contributed by atoms with Gasteiger partial charge in [-0.1, -0.05) is 41.9 Å². The summed E-state index contributed by atoms with van der Waals surface area (Å²) in [6, 6.07) is 17.1. The Kier molecular flexibility index (Phi) is 6.33. The number of anilines is 1. The van der Waals surface area contributed by atoms with Crippen molar-refractivity contribution in [1.29, 1.82) is 0 Å². The first-order valence-corrected chi connectivity index (χ1v) is 8.83. The normalized spacial score (nSPS) is 10.4. The number of carbonyl (C=O) groups excluding carboxylic acids is 1. The largest absolute Gasteiger partial charge is 0.368 e. The number of hydrogen-bond donors (Lipinski definition) is 2. The highest BCUT2D eigenvalue weighted by atomic mass is 35.5. The summed E-state index contributed by atoms with van der Waals surface area (Å²) in [4.78, 5) is 12.1. The van der Waals surface area contributed by atoms with Crippen LogP contribution in [0.4, 0.5) is 10.2 Å². The summed E-state index contributed by atoms with van der Waals surface area (Å²) < 4.78 is 13.6. The molecule has 0 unspecified atom stereocenters. The van der Waals surface area contributed by atoms with Crippen LogP contribution in [0.15, 0.2) is 60.7 Å². The number of rotatable bonds is 7. The molecular formula is C20H18ClFN4O. The maximum atomic E-state index is 13.6. The summed E-state index contributed by atoms with van der Waals surface area (Å²) in [6.07, 6.45) is 0.525. The molecule has 0 aliphatic rings. The van der Waals surface area contributed by atoms with Gasteiger partial charge in [0.15, 0.2) is 5.69 Å². The third-order valence-corrected chi connectivity index (χ3v) is 4.17. The van der Waals surface area contributed by atoms with Crippen molar-refractivity contribution in [1.82, 2.24) is 15.5 Å². The fourth-order valence-electron chi connectivity index (χ4n) is 2.45. The van der Waals surface area contributed by atoms with Gasteiger partial charge in [-0.15, -0.1) is 10.2 Å². The van der Waals surface area contributed by atoms with E-state index in [-0.39, 0.29) is 17.4 Å². The zero-order valence-corrected chi connectivity index (χ0v) is 15.2. The van der Waals surface area contributed by atoms with Crippen LogP contribution in [-0.2, 0) is 13.0 Å². The van der Waals surface area contributed by atoms with Crippen LogP contribution in [0.1, 0.15) is 21.6 Å². The molecule has 0 bridgehead atoms. The molecule has 1 aromatic heterocycles. The minimum atomic E-state index is -0.310. The first-order valence-electron chi connectivity index (χ1n) is 8.45. The molecule has 0 aliphatic heterocycles. The zero-order chi connectivity index (χ0) is 19.1. The van der Waals surface area contributed by atoms with Gasteiger partial charge in [-0.05, 0) is 47.9 Å². The van der Waals surface area contributed by atoms with Gasteiger partial charge in [-0.3, -0.25) is 4.79 Å². The Morgan fingerprint density at radius 1 is 1.00 bits per heavy atom. The predicted molar refractivity (Wildman–Crippen MR) is 103 cm³/mol. The number of nitrogens with zero attached hydrogens (tertiary/aromatic N) is 2. The number of halogens is 2. The second-order valence-electron chi connectivity index (χ2n) is 5.88. The maximum absolute atomic E-state index is 13.6. The Morgan fingerprint density at radius 3 is 2.48 bits per heavy atom. The average Bonchev–Trinajstić information content (AvgIpc) is 2.69. The Labute approximate surface area is 161 Å². The highest BCUT2D eigenvalue weighted by Gasteiger charge is 2.08. The third kappa shape index (κ3) is 5.49. The molecule has 0 fully saturated rings. The van der Waals surface area contributed by atoms with Crippen molar-refractivity contribution in [3.8, 4) is 0 Å². The smallest absolute Gasteiger partial charge is 0.272 e. The van der Waals surface area contributed by atoms with Gasteiger partial charge in [-0.2, -0.15) is 0 Å². The van der Waals surface area contributed by atoms with Crippen molar-refractivity contribution in [3.05, 3.63) is 88.3 Å². The van der Waals surface area contributed by atoms with Gasteiger partial charge < -0.3 is 10.6 Å². The van der Waals surface area contributed by atoms with Gasteiger partial charge in [0.05, 0.1) is 0 Å². The highest BCUT2D eigenvalue weighted by molar-refractivity contribution is 6.30. The van der Waals surface area contributed by atoms with Crippen LogP contribution < -0.4 is 10.6 Å². The molecule has 3 rings (SSSR count). The molecule has 2 aromatic carbocycles. The van der Waals surface area contributed by atoms with E-state index in [2.05, 4.69) is 20.8 Å². The van der Waals surface area contributed by atoms with E-state index in [1.807, 2.05) is 12.1 Å². The summed E-state index contributed by atoms with van der Waals surface area (Å²) in [7, 11) is 0. The maximum Gasteiger partial charge on any atom is 0.272 e. The van der Waals surface area contributed by atoms with Crippen molar-refractivity contribution in [2.24, 2.45) is 0 Å². The monoisotopic (exact) mass is 384 g/mol. The molecule has 2 N–H and O–H groups in total. The van der Waals surface area contributed by atoms with E-state index < -0.39 is 0 Å². The summed E-state index contributed by atoms with van der Waals surface area (Å²) in [6.45, 7) is 0.887. The highest BCUT2D eigenvalue weighted by Crippen LogP contribution is 2.10. The fraction of sp³-hybridized carbons (Fsp3) is 0.150. The van der Waals surface area contributed by atoms with Crippen LogP contribution in [0.25, 0.3) is 0 Å². The van der Waals surface area contributed by atoms with Gasteiger partial charge in [-0.25, -0.2) is 4.39 Å². The number of carbonyl (C=O) groups is 1. The second-order valence-corrected chi connectivity index (χ2v) is 6.32. The lowest BCUT2D eigenvalue weighted by Crippen LogP contribution is -2.24. The molecule has 0 aliphatic carbocycles. The van der Waals surface area contributed by atoms with Crippen LogP contribution in [-0.4, -0.2) is 22.6 Å². The second kappa shape index (κ2) is 9.09. The van der Waals surface area contributed by atoms with Crippen LogP contribution in [0, 0.1) is 5.82 Å². The number of benzene rings is 2. The molecule has 3 aromatic rings. The number of hydrogen-bond acceptors (Lipinski definition) is 4. The van der Waals surface area contributed by atoms with E-state index in [0.717, 1.165) is 5.56 Å². The Bertz CT molecular complexity index is 901. The minimum absolute atomic E-state index is 0.224. The molecule has 27 heavy (non-hydrogen) atoms. The first-order chi connectivity index (χ1) is 13.1. The van der Waals surface area contributed by atoms with Crippen LogP contribution in [0.2, 0.25) is 5.02 Å². The lowest BCUT2D eigenvalue weighted by Gasteiger charge is -2.07. The van der Waals surface area contributed by atoms with Gasteiger partial charge in [0.25, 0.3) is 5.91 Å². The SMILES string of the molecule is O=C(NCc1ccc(Cl)cc1)c1ccc(NCCc2ccccc2F)nn1. The van der Waals surface area contributed by atoms with Crippen LogP contribution in [0.5, 0.6) is 0 Å². The quantitative estimate of drug-likeness (QED) is 0.649. The van der Waals surface area contributed by atoms with Crippen molar-refractivity contribution < 1.29 is 9.18 Å².